The van der Waals surface area contributed by atoms with E-state index in [2.05, 4.69) is 51.0 Å². The van der Waals surface area contributed by atoms with Gasteiger partial charge in [-0.05, 0) is 36.4 Å². The summed E-state index contributed by atoms with van der Waals surface area (Å²) in [5.41, 5.74) is 4.57. The molecule has 4 heteroatoms. The minimum absolute atomic E-state index is 0.879. The normalized spacial score (nSPS) is 10.7. The number of rotatable bonds is 5. The zero-order chi connectivity index (χ0) is 14.5. The Morgan fingerprint density at radius 2 is 1.95 bits per heavy atom. The van der Waals surface area contributed by atoms with Crippen LogP contribution in [0, 0.1) is 0 Å². The largest absolute Gasteiger partial charge is 0.313 e. The lowest BCUT2D eigenvalue weighted by atomic mass is 10.1. The van der Waals surface area contributed by atoms with Gasteiger partial charge in [-0.1, -0.05) is 19.1 Å². The number of pyridine rings is 1. The topological polar surface area (TPSA) is 42.7 Å². The fourth-order valence-corrected chi connectivity index (χ4v) is 2.32. The van der Waals surface area contributed by atoms with E-state index in [1.165, 1.54) is 5.56 Å². The van der Waals surface area contributed by atoms with Crippen LogP contribution >= 0.6 is 0 Å². The third kappa shape index (κ3) is 3.01. The molecule has 0 aliphatic carbocycles. The van der Waals surface area contributed by atoms with Crippen molar-refractivity contribution in [1.29, 1.82) is 0 Å². The van der Waals surface area contributed by atoms with Gasteiger partial charge < -0.3 is 5.32 Å². The van der Waals surface area contributed by atoms with E-state index < -0.39 is 0 Å². The van der Waals surface area contributed by atoms with Gasteiger partial charge >= 0.3 is 0 Å². The van der Waals surface area contributed by atoms with Crippen LogP contribution in [-0.2, 0) is 6.54 Å². The lowest BCUT2D eigenvalue weighted by Crippen LogP contribution is -2.11. The molecule has 1 aromatic carbocycles. The monoisotopic (exact) mass is 278 g/mol. The third-order valence-corrected chi connectivity index (χ3v) is 3.38. The van der Waals surface area contributed by atoms with Crippen LogP contribution in [0.2, 0.25) is 0 Å². The smallest absolute Gasteiger partial charge is 0.0997 e. The fraction of sp³-hybridized carbons (Fsp3) is 0.176. The number of nitrogens with zero attached hydrogens (tertiary/aromatic N) is 3. The fourth-order valence-electron chi connectivity index (χ4n) is 2.32. The summed E-state index contributed by atoms with van der Waals surface area (Å²) >= 11 is 0. The van der Waals surface area contributed by atoms with E-state index in [1.807, 2.05) is 24.7 Å². The first-order chi connectivity index (χ1) is 10.4. The van der Waals surface area contributed by atoms with Crippen LogP contribution < -0.4 is 5.32 Å². The molecular formula is C17H18N4. The molecule has 0 saturated heterocycles. The van der Waals surface area contributed by atoms with Gasteiger partial charge in [0.25, 0.3) is 0 Å². The van der Waals surface area contributed by atoms with Crippen molar-refractivity contribution in [3.8, 4) is 16.9 Å². The molecule has 106 valence electrons. The molecule has 21 heavy (non-hydrogen) atoms. The summed E-state index contributed by atoms with van der Waals surface area (Å²) in [4.78, 5) is 8.36. The van der Waals surface area contributed by atoms with E-state index in [0.29, 0.717) is 0 Å². The summed E-state index contributed by atoms with van der Waals surface area (Å²) in [6.45, 7) is 3.96. The molecule has 0 aliphatic rings. The minimum atomic E-state index is 0.879. The Morgan fingerprint density at radius 1 is 1.10 bits per heavy atom. The molecule has 2 aromatic heterocycles. The molecule has 0 bridgehead atoms. The van der Waals surface area contributed by atoms with Crippen LogP contribution in [0.25, 0.3) is 16.9 Å². The van der Waals surface area contributed by atoms with Gasteiger partial charge in [0.15, 0.2) is 0 Å². The summed E-state index contributed by atoms with van der Waals surface area (Å²) < 4.78 is 2.10. The van der Waals surface area contributed by atoms with Crippen LogP contribution in [0.4, 0.5) is 0 Å². The lowest BCUT2D eigenvalue weighted by Gasteiger charge is -2.10. The summed E-state index contributed by atoms with van der Waals surface area (Å²) in [6, 6.07) is 12.5. The van der Waals surface area contributed by atoms with Crippen LogP contribution in [0.1, 0.15) is 12.5 Å². The Bertz CT molecular complexity index is 704. The summed E-state index contributed by atoms with van der Waals surface area (Å²) in [5, 5.41) is 3.35. The molecule has 3 rings (SSSR count). The van der Waals surface area contributed by atoms with Gasteiger partial charge in [-0.3, -0.25) is 9.55 Å². The maximum absolute atomic E-state index is 4.29. The molecule has 3 aromatic rings. The Balaban J connectivity index is 1.97. The predicted octanol–water partition coefficient (Wildman–Crippen LogP) is 3.04. The van der Waals surface area contributed by atoms with Crippen LogP contribution in [0.5, 0.6) is 0 Å². The van der Waals surface area contributed by atoms with Crippen LogP contribution in [0.3, 0.4) is 0 Å². The summed E-state index contributed by atoms with van der Waals surface area (Å²) in [7, 11) is 0. The molecule has 0 fully saturated rings. The Hall–Kier alpha value is -2.46. The van der Waals surface area contributed by atoms with E-state index in [0.717, 1.165) is 30.0 Å². The molecule has 0 spiro atoms. The second-order valence-corrected chi connectivity index (χ2v) is 4.84. The molecule has 0 unspecified atom stereocenters. The Labute approximate surface area is 124 Å². The quantitative estimate of drug-likeness (QED) is 0.780. The highest BCUT2D eigenvalue weighted by molar-refractivity contribution is 5.61. The predicted molar refractivity (Wildman–Crippen MR) is 84.2 cm³/mol. The van der Waals surface area contributed by atoms with Gasteiger partial charge in [-0.15, -0.1) is 0 Å². The van der Waals surface area contributed by atoms with Crippen molar-refractivity contribution < 1.29 is 0 Å². The van der Waals surface area contributed by atoms with Crippen molar-refractivity contribution in [3.63, 3.8) is 0 Å². The highest BCUT2D eigenvalue weighted by Crippen LogP contribution is 2.22. The maximum Gasteiger partial charge on any atom is 0.0997 e. The number of hydrogen-bond acceptors (Lipinski definition) is 3. The van der Waals surface area contributed by atoms with Gasteiger partial charge in [0.2, 0.25) is 0 Å². The van der Waals surface area contributed by atoms with E-state index in [1.54, 1.807) is 12.4 Å². The molecule has 0 aliphatic heterocycles. The molecule has 4 nitrogen and oxygen atoms in total. The van der Waals surface area contributed by atoms with Crippen molar-refractivity contribution in [3.05, 3.63) is 66.9 Å². The first-order valence-electron chi connectivity index (χ1n) is 7.11. The van der Waals surface area contributed by atoms with Gasteiger partial charge in [-0.25, -0.2) is 4.98 Å². The van der Waals surface area contributed by atoms with Gasteiger partial charge in [0, 0.05) is 30.2 Å². The maximum atomic E-state index is 4.29. The number of aromatic nitrogens is 3. The molecule has 0 atom stereocenters. The van der Waals surface area contributed by atoms with E-state index >= 15 is 0 Å². The van der Waals surface area contributed by atoms with Gasteiger partial charge in [0.05, 0.1) is 18.2 Å². The number of hydrogen-bond donors (Lipinski definition) is 1. The molecule has 2 heterocycles. The summed E-state index contributed by atoms with van der Waals surface area (Å²) in [6.07, 6.45) is 7.33. The molecule has 0 radical (unpaired) electrons. The standard InChI is InChI=1S/C17H18N4/c1-2-18-11-14-4-3-5-16(10-14)21-13-20-12-17(21)15-6-8-19-9-7-15/h3-10,12-13,18H,2,11H2,1H3. The molecule has 0 amide bonds. The van der Waals surface area contributed by atoms with E-state index in [-0.39, 0.29) is 0 Å². The second kappa shape index (κ2) is 6.33. The molecule has 0 saturated carbocycles. The first kappa shape index (κ1) is 13.5. The number of benzene rings is 1. The Kier molecular flexibility index (Phi) is 4.07. The molecular weight excluding hydrogens is 260 g/mol. The third-order valence-electron chi connectivity index (χ3n) is 3.38. The average Bonchev–Trinajstić information content (AvgIpc) is 3.04. The van der Waals surface area contributed by atoms with Crippen molar-refractivity contribution in [2.24, 2.45) is 0 Å². The highest BCUT2D eigenvalue weighted by Gasteiger charge is 2.07. The zero-order valence-electron chi connectivity index (χ0n) is 12.0. The van der Waals surface area contributed by atoms with Crippen LogP contribution in [-0.4, -0.2) is 21.1 Å². The van der Waals surface area contributed by atoms with Crippen molar-refractivity contribution >= 4 is 0 Å². The Morgan fingerprint density at radius 3 is 2.76 bits per heavy atom. The van der Waals surface area contributed by atoms with Crippen molar-refractivity contribution in [2.45, 2.75) is 13.5 Å². The zero-order valence-corrected chi connectivity index (χ0v) is 12.0. The number of imidazole rings is 1. The van der Waals surface area contributed by atoms with E-state index in [9.17, 15) is 0 Å². The van der Waals surface area contributed by atoms with Crippen molar-refractivity contribution in [2.75, 3.05) is 6.54 Å². The highest BCUT2D eigenvalue weighted by atomic mass is 15.0. The first-order valence-corrected chi connectivity index (χ1v) is 7.11. The second-order valence-electron chi connectivity index (χ2n) is 4.84. The van der Waals surface area contributed by atoms with Gasteiger partial charge in [-0.2, -0.15) is 0 Å². The van der Waals surface area contributed by atoms with Crippen LogP contribution in [0.15, 0.2) is 61.3 Å². The number of nitrogens with one attached hydrogen (secondary N) is 1. The lowest BCUT2D eigenvalue weighted by molar-refractivity contribution is 0.726. The molecule has 1 N–H and O–H groups in total. The SMILES string of the molecule is CCNCc1cccc(-n2cncc2-c2ccncc2)c1. The summed E-state index contributed by atoms with van der Waals surface area (Å²) in [5.74, 6) is 0. The minimum Gasteiger partial charge on any atom is -0.313 e. The van der Waals surface area contributed by atoms with Gasteiger partial charge in [0.1, 0.15) is 0 Å². The van der Waals surface area contributed by atoms with Crippen molar-refractivity contribution in [1.82, 2.24) is 19.9 Å². The average molecular weight is 278 g/mol. The van der Waals surface area contributed by atoms with E-state index in [4.69, 9.17) is 0 Å².